The van der Waals surface area contributed by atoms with Gasteiger partial charge in [0, 0.05) is 12.8 Å². The molecule has 0 aliphatic carbocycles. The van der Waals surface area contributed by atoms with Gasteiger partial charge in [0.25, 0.3) is 0 Å². The van der Waals surface area contributed by atoms with Gasteiger partial charge in [-0.15, -0.1) is 0 Å². The molecule has 0 rings (SSSR count). The summed E-state index contributed by atoms with van der Waals surface area (Å²) < 4.78 is 5.49. The number of unbranched alkanes of at least 4 members (excludes halogenated alkanes) is 42. The summed E-state index contributed by atoms with van der Waals surface area (Å²) in [4.78, 5) is 24.5. The maximum Gasteiger partial charge on any atom is 0.305 e. The minimum Gasteiger partial charge on any atom is -0.466 e. The lowest BCUT2D eigenvalue weighted by atomic mass is 10.0. The second-order valence-corrected chi connectivity index (χ2v) is 19.6. The Bertz CT molecular complexity index is 939. The van der Waals surface area contributed by atoms with Gasteiger partial charge in [-0.25, -0.2) is 0 Å². The van der Waals surface area contributed by atoms with E-state index in [4.69, 9.17) is 4.74 Å². The number of esters is 1. The minimum absolute atomic E-state index is 0.00709. The van der Waals surface area contributed by atoms with Crippen molar-refractivity contribution in [2.75, 3.05) is 13.2 Å². The highest BCUT2D eigenvalue weighted by atomic mass is 16.5. The standard InChI is InChI=1S/C57H111NO5/c1-3-5-7-9-11-13-15-16-17-18-19-20-24-27-31-35-39-43-47-51-57(62)63-52-48-44-40-36-32-28-25-22-21-23-26-30-34-38-42-46-50-56(61)58-54(53-59)55(60)49-45-41-37-33-29-14-12-10-8-6-4-2/h45,49,54-55,59-60H,3-44,46-48,50-53H2,1-2H3,(H,58,61)/b49-45+. The molecule has 0 fully saturated rings. The van der Waals surface area contributed by atoms with Crippen LogP contribution >= 0.6 is 0 Å². The van der Waals surface area contributed by atoms with E-state index in [1.165, 1.54) is 244 Å². The van der Waals surface area contributed by atoms with Crippen molar-refractivity contribution in [2.24, 2.45) is 0 Å². The molecule has 6 heteroatoms. The van der Waals surface area contributed by atoms with E-state index in [1.54, 1.807) is 6.08 Å². The normalized spacial score (nSPS) is 12.6. The maximum absolute atomic E-state index is 12.4. The van der Waals surface area contributed by atoms with E-state index in [-0.39, 0.29) is 18.5 Å². The van der Waals surface area contributed by atoms with Gasteiger partial charge in [-0.05, 0) is 32.1 Å². The third kappa shape index (κ3) is 49.9. The van der Waals surface area contributed by atoms with E-state index < -0.39 is 12.1 Å². The molecule has 0 saturated heterocycles. The van der Waals surface area contributed by atoms with Crippen molar-refractivity contribution in [2.45, 2.75) is 328 Å². The van der Waals surface area contributed by atoms with Gasteiger partial charge in [0.05, 0.1) is 25.4 Å². The molecule has 0 spiro atoms. The first-order valence-electron chi connectivity index (χ1n) is 28.5. The molecule has 0 aliphatic rings. The van der Waals surface area contributed by atoms with Crippen LogP contribution in [0.3, 0.4) is 0 Å². The van der Waals surface area contributed by atoms with E-state index in [1.807, 2.05) is 6.08 Å². The van der Waals surface area contributed by atoms with Gasteiger partial charge in [-0.3, -0.25) is 9.59 Å². The quantitative estimate of drug-likeness (QED) is 0.0321. The predicted octanol–water partition coefficient (Wildman–Crippen LogP) is 17.3. The van der Waals surface area contributed by atoms with Gasteiger partial charge in [-0.2, -0.15) is 0 Å². The van der Waals surface area contributed by atoms with Gasteiger partial charge in [0.15, 0.2) is 0 Å². The van der Waals surface area contributed by atoms with E-state index in [0.29, 0.717) is 19.4 Å². The Balaban J connectivity index is 3.39. The highest BCUT2D eigenvalue weighted by Crippen LogP contribution is 2.17. The van der Waals surface area contributed by atoms with E-state index in [2.05, 4.69) is 19.2 Å². The second kappa shape index (κ2) is 53.2. The number of hydrogen-bond acceptors (Lipinski definition) is 5. The van der Waals surface area contributed by atoms with Crippen molar-refractivity contribution < 1.29 is 24.5 Å². The van der Waals surface area contributed by atoms with Crippen molar-refractivity contribution in [1.29, 1.82) is 0 Å². The third-order valence-corrected chi connectivity index (χ3v) is 13.3. The number of carbonyl (C=O) groups excluding carboxylic acids is 2. The summed E-state index contributed by atoms with van der Waals surface area (Å²) in [7, 11) is 0. The monoisotopic (exact) mass is 890 g/mol. The lowest BCUT2D eigenvalue weighted by Crippen LogP contribution is -2.45. The van der Waals surface area contributed by atoms with Crippen LogP contribution in [0.2, 0.25) is 0 Å². The average molecular weight is 891 g/mol. The Kier molecular flexibility index (Phi) is 52.0. The van der Waals surface area contributed by atoms with Crippen molar-refractivity contribution >= 4 is 11.9 Å². The zero-order valence-corrected chi connectivity index (χ0v) is 42.6. The zero-order chi connectivity index (χ0) is 45.8. The van der Waals surface area contributed by atoms with Crippen LogP contribution in [0.4, 0.5) is 0 Å². The molecule has 2 unspecified atom stereocenters. The molecule has 0 aromatic rings. The van der Waals surface area contributed by atoms with Crippen LogP contribution in [-0.4, -0.2) is 47.4 Å². The number of rotatable bonds is 53. The van der Waals surface area contributed by atoms with Crippen LogP contribution in [0.1, 0.15) is 316 Å². The number of hydrogen-bond donors (Lipinski definition) is 3. The number of allylic oxidation sites excluding steroid dienone is 1. The summed E-state index contributed by atoms with van der Waals surface area (Å²) in [5.74, 6) is -0.0677. The minimum atomic E-state index is -0.846. The Labute approximate surface area is 393 Å². The average Bonchev–Trinajstić information content (AvgIpc) is 3.28. The van der Waals surface area contributed by atoms with Crippen LogP contribution in [0, 0.1) is 0 Å². The summed E-state index contributed by atoms with van der Waals surface area (Å²) in [6.45, 7) is 4.89. The Morgan fingerprint density at radius 2 is 0.730 bits per heavy atom. The van der Waals surface area contributed by atoms with Gasteiger partial charge < -0.3 is 20.3 Å². The smallest absolute Gasteiger partial charge is 0.305 e. The fourth-order valence-electron chi connectivity index (χ4n) is 8.93. The molecule has 0 aromatic carbocycles. The molecule has 0 radical (unpaired) electrons. The summed E-state index contributed by atoms with van der Waals surface area (Å²) in [6, 6.07) is -0.630. The van der Waals surface area contributed by atoms with Crippen molar-refractivity contribution in [3.63, 3.8) is 0 Å². The Morgan fingerprint density at radius 3 is 1.08 bits per heavy atom. The van der Waals surface area contributed by atoms with Crippen LogP contribution in [0.5, 0.6) is 0 Å². The number of carbonyl (C=O) groups is 2. The summed E-state index contributed by atoms with van der Waals surface area (Å²) >= 11 is 0. The molecule has 0 bridgehead atoms. The Hall–Kier alpha value is -1.40. The van der Waals surface area contributed by atoms with Crippen LogP contribution in [0.15, 0.2) is 12.2 Å². The van der Waals surface area contributed by atoms with Gasteiger partial charge >= 0.3 is 5.97 Å². The summed E-state index contributed by atoms with van der Waals surface area (Å²) in [6.07, 6.45) is 62.3. The summed E-state index contributed by atoms with van der Waals surface area (Å²) in [5.41, 5.74) is 0. The van der Waals surface area contributed by atoms with Crippen molar-refractivity contribution in [3.8, 4) is 0 Å². The second-order valence-electron chi connectivity index (χ2n) is 19.6. The molecule has 0 saturated carbocycles. The number of ether oxygens (including phenoxy) is 1. The number of amides is 1. The molecule has 6 nitrogen and oxygen atoms in total. The van der Waals surface area contributed by atoms with Crippen molar-refractivity contribution in [1.82, 2.24) is 5.32 Å². The van der Waals surface area contributed by atoms with Crippen molar-refractivity contribution in [3.05, 3.63) is 12.2 Å². The van der Waals surface area contributed by atoms with Crippen LogP contribution in [-0.2, 0) is 14.3 Å². The highest BCUT2D eigenvalue weighted by molar-refractivity contribution is 5.76. The molecule has 1 amide bonds. The number of nitrogens with one attached hydrogen (secondary N) is 1. The highest BCUT2D eigenvalue weighted by Gasteiger charge is 2.18. The third-order valence-electron chi connectivity index (χ3n) is 13.3. The lowest BCUT2D eigenvalue weighted by Gasteiger charge is -2.20. The molecule has 3 N–H and O–H groups in total. The molecular formula is C57H111NO5. The van der Waals surface area contributed by atoms with Gasteiger partial charge in [-0.1, -0.05) is 283 Å². The van der Waals surface area contributed by atoms with E-state index >= 15 is 0 Å². The van der Waals surface area contributed by atoms with Gasteiger partial charge in [0.1, 0.15) is 0 Å². The first-order valence-corrected chi connectivity index (χ1v) is 28.5. The molecule has 374 valence electrons. The molecular weight excluding hydrogens is 779 g/mol. The zero-order valence-electron chi connectivity index (χ0n) is 42.6. The molecule has 2 atom stereocenters. The number of aliphatic hydroxyl groups excluding tert-OH is 2. The molecule has 63 heavy (non-hydrogen) atoms. The largest absolute Gasteiger partial charge is 0.466 e. The van der Waals surface area contributed by atoms with Gasteiger partial charge in [0.2, 0.25) is 5.91 Å². The Morgan fingerprint density at radius 1 is 0.429 bits per heavy atom. The SMILES string of the molecule is CCCCCCCCCCC/C=C/C(O)C(CO)NC(=O)CCCCCCCCCCCCCCCCCCOC(=O)CCCCCCCCCCCCCCCCCCCCC. The lowest BCUT2D eigenvalue weighted by molar-refractivity contribution is -0.143. The van der Waals surface area contributed by atoms with E-state index in [0.717, 1.165) is 44.9 Å². The maximum atomic E-state index is 12.4. The molecule has 0 aromatic heterocycles. The topological polar surface area (TPSA) is 95.9 Å². The van der Waals surface area contributed by atoms with E-state index in [9.17, 15) is 19.8 Å². The molecule has 0 heterocycles. The first-order chi connectivity index (χ1) is 31.0. The predicted molar refractivity (Wildman–Crippen MR) is 273 cm³/mol. The number of aliphatic hydroxyl groups is 2. The molecule has 0 aliphatic heterocycles. The fraction of sp³-hybridized carbons (Fsp3) is 0.930. The summed E-state index contributed by atoms with van der Waals surface area (Å²) in [5, 5.41) is 23.0. The van der Waals surface area contributed by atoms with Crippen LogP contribution in [0.25, 0.3) is 0 Å². The van der Waals surface area contributed by atoms with Crippen LogP contribution < -0.4 is 5.32 Å². The fourth-order valence-corrected chi connectivity index (χ4v) is 8.93. The first kappa shape index (κ1) is 61.6.